The number of hydrogen-bond donors (Lipinski definition) is 1. The second kappa shape index (κ2) is 7.93. The maximum atomic E-state index is 13.6. The van der Waals surface area contributed by atoms with Crippen molar-refractivity contribution in [1.82, 2.24) is 0 Å². The monoisotopic (exact) mass is 456 g/mol. The fraction of sp³-hybridized carbons (Fsp3) is 0.444. The lowest BCUT2D eigenvalue weighted by molar-refractivity contribution is -0.138. The minimum Gasteiger partial charge on any atom is -0.511 e. The number of rotatable bonds is 4. The molecule has 1 N–H and O–H groups in total. The van der Waals surface area contributed by atoms with Crippen LogP contribution in [0.2, 0.25) is 0 Å². The lowest BCUT2D eigenvalue weighted by atomic mass is 9.59. The van der Waals surface area contributed by atoms with Gasteiger partial charge < -0.3 is 9.84 Å². The smallest absolute Gasteiger partial charge is 0.419 e. The molecule has 0 aliphatic heterocycles. The Morgan fingerprint density at radius 3 is 2.27 bits per heavy atom. The van der Waals surface area contributed by atoms with E-state index in [0.29, 0.717) is 35.0 Å². The molecule has 2 unspecified atom stereocenters. The number of aliphatic hydroxyl groups is 1. The summed E-state index contributed by atoms with van der Waals surface area (Å²) in [7, 11) is 0. The zero-order chi connectivity index (χ0) is 23.5. The Hall–Kier alpha value is -2.76. The topological polar surface area (TPSA) is 46.5 Å². The van der Waals surface area contributed by atoms with Gasteiger partial charge in [0.1, 0.15) is 17.3 Å². The van der Waals surface area contributed by atoms with E-state index in [1.807, 2.05) is 6.92 Å². The molecule has 2 aromatic carbocycles. The van der Waals surface area contributed by atoms with Crippen LogP contribution in [0.5, 0.6) is 11.5 Å². The number of allylic oxidation sites excluding steroid dienone is 2. The van der Waals surface area contributed by atoms with Gasteiger partial charge >= 0.3 is 6.18 Å². The third-order valence-corrected chi connectivity index (χ3v) is 7.74. The van der Waals surface area contributed by atoms with E-state index in [9.17, 15) is 23.1 Å². The zero-order valence-corrected chi connectivity index (χ0v) is 18.7. The first-order chi connectivity index (χ1) is 15.7. The standard InChI is InChI=1S/C27H27F3O3/c1-3-15-9-10-18(33-21-11-4-14(2)12-20(21)27(28,29)30)13-19(15)24-25(31)22-16-5-6-17(8-7-16)23(22)26(24)32/h4,9-13,16-17,22-23,31H,3,5-8H2,1-2H3/t16-,17+,22?,23?. The minimum absolute atomic E-state index is 0.0231. The maximum absolute atomic E-state index is 13.6. The molecule has 0 saturated heterocycles. The molecule has 6 heteroatoms. The van der Waals surface area contributed by atoms with Gasteiger partial charge in [-0.1, -0.05) is 24.6 Å². The Morgan fingerprint density at radius 2 is 1.67 bits per heavy atom. The van der Waals surface area contributed by atoms with Gasteiger partial charge in [0, 0.05) is 11.8 Å². The largest absolute Gasteiger partial charge is 0.511 e. The van der Waals surface area contributed by atoms with Crippen LogP contribution in [0.25, 0.3) is 5.57 Å². The molecule has 0 spiro atoms. The van der Waals surface area contributed by atoms with Crippen molar-refractivity contribution >= 4 is 11.4 Å². The predicted molar refractivity (Wildman–Crippen MR) is 119 cm³/mol. The van der Waals surface area contributed by atoms with Crippen LogP contribution in [0, 0.1) is 30.6 Å². The highest BCUT2D eigenvalue weighted by Crippen LogP contribution is 2.57. The van der Waals surface area contributed by atoms with Crippen LogP contribution < -0.4 is 4.74 Å². The van der Waals surface area contributed by atoms with Gasteiger partial charge in [-0.05, 0) is 86.3 Å². The van der Waals surface area contributed by atoms with Crippen LogP contribution in [0.4, 0.5) is 13.2 Å². The van der Waals surface area contributed by atoms with Crippen molar-refractivity contribution in [3.05, 3.63) is 64.4 Å². The predicted octanol–water partition coefficient (Wildman–Crippen LogP) is 7.27. The summed E-state index contributed by atoms with van der Waals surface area (Å²) in [6.07, 6.45) is 0.192. The first-order valence-corrected chi connectivity index (χ1v) is 11.6. The number of halogens is 3. The number of Topliss-reactive ketones (excluding diaryl/α,β-unsaturated/α-hetero) is 1. The molecule has 33 heavy (non-hydrogen) atoms. The number of alkyl halides is 3. The number of carbonyl (C=O) groups is 1. The molecule has 0 amide bonds. The Labute approximate surface area is 191 Å². The fourth-order valence-corrected chi connectivity index (χ4v) is 6.19. The Morgan fingerprint density at radius 1 is 1.00 bits per heavy atom. The molecule has 4 aliphatic rings. The average molecular weight is 457 g/mol. The highest BCUT2D eigenvalue weighted by molar-refractivity contribution is 6.25. The van der Waals surface area contributed by atoms with Crippen molar-refractivity contribution in [2.75, 3.05) is 0 Å². The van der Waals surface area contributed by atoms with Gasteiger partial charge in [0.2, 0.25) is 0 Å². The zero-order valence-electron chi connectivity index (χ0n) is 18.7. The molecule has 2 aromatic rings. The number of benzene rings is 2. The SMILES string of the molecule is CCc1ccc(Oc2ccc(C)cc2C(F)(F)F)cc1C1=C(O)C2C(C1=O)[C@H]1CC[C@@H]2CC1. The van der Waals surface area contributed by atoms with Crippen LogP contribution in [0.1, 0.15) is 54.9 Å². The average Bonchev–Trinajstić information content (AvgIpc) is 3.07. The molecule has 6 rings (SSSR count). The Bertz CT molecular complexity index is 1140. The lowest BCUT2D eigenvalue weighted by Gasteiger charge is -2.44. The van der Waals surface area contributed by atoms with Crippen molar-refractivity contribution in [1.29, 1.82) is 0 Å². The molecule has 0 aromatic heterocycles. The molecule has 174 valence electrons. The van der Waals surface area contributed by atoms with Gasteiger partial charge in [-0.15, -0.1) is 0 Å². The number of hydrogen-bond acceptors (Lipinski definition) is 3. The number of aliphatic hydroxyl groups excluding tert-OH is 1. The molecular formula is C27H27F3O3. The molecule has 3 nitrogen and oxygen atoms in total. The van der Waals surface area contributed by atoms with Crippen LogP contribution >= 0.6 is 0 Å². The van der Waals surface area contributed by atoms with Crippen molar-refractivity contribution in [3.63, 3.8) is 0 Å². The number of carbonyl (C=O) groups excluding carboxylic acids is 1. The lowest BCUT2D eigenvalue weighted by Crippen LogP contribution is -2.41. The highest BCUT2D eigenvalue weighted by atomic mass is 19.4. The van der Waals surface area contributed by atoms with Gasteiger partial charge in [-0.3, -0.25) is 4.79 Å². The van der Waals surface area contributed by atoms with Crippen LogP contribution in [0.3, 0.4) is 0 Å². The van der Waals surface area contributed by atoms with Crippen molar-refractivity contribution in [2.45, 2.75) is 52.1 Å². The summed E-state index contributed by atoms with van der Waals surface area (Å²) < 4.78 is 46.4. The molecule has 0 radical (unpaired) electrons. The van der Waals surface area contributed by atoms with Gasteiger partial charge in [0.15, 0.2) is 5.78 Å². The summed E-state index contributed by atoms with van der Waals surface area (Å²) in [5.74, 6) is 0.404. The quantitative estimate of drug-likeness (QED) is 0.526. The summed E-state index contributed by atoms with van der Waals surface area (Å²) in [5.41, 5.74) is 1.42. The van der Waals surface area contributed by atoms with E-state index in [2.05, 4.69) is 0 Å². The first kappa shape index (κ1) is 22.1. The van der Waals surface area contributed by atoms with E-state index in [4.69, 9.17) is 4.74 Å². The van der Waals surface area contributed by atoms with E-state index in [1.165, 1.54) is 6.07 Å². The van der Waals surface area contributed by atoms with E-state index < -0.39 is 11.7 Å². The second-order valence-corrected chi connectivity index (χ2v) is 9.62. The van der Waals surface area contributed by atoms with Crippen molar-refractivity contribution < 1.29 is 27.8 Å². The highest BCUT2D eigenvalue weighted by Gasteiger charge is 2.54. The molecule has 2 bridgehead atoms. The number of ketones is 1. The van der Waals surface area contributed by atoms with Crippen LogP contribution in [-0.4, -0.2) is 10.9 Å². The van der Waals surface area contributed by atoms with Crippen LogP contribution in [0.15, 0.2) is 42.2 Å². The summed E-state index contributed by atoms with van der Waals surface area (Å²) in [6, 6.07) is 8.95. The van der Waals surface area contributed by atoms with E-state index in [-0.39, 0.29) is 34.9 Å². The summed E-state index contributed by atoms with van der Waals surface area (Å²) in [5, 5.41) is 11.2. The Balaban J connectivity index is 1.55. The molecule has 2 atom stereocenters. The van der Waals surface area contributed by atoms with E-state index in [0.717, 1.165) is 37.3 Å². The third kappa shape index (κ3) is 3.64. The van der Waals surface area contributed by atoms with Crippen molar-refractivity contribution in [3.8, 4) is 11.5 Å². The molecule has 0 heterocycles. The molecular weight excluding hydrogens is 429 g/mol. The van der Waals surface area contributed by atoms with Crippen LogP contribution in [-0.2, 0) is 17.4 Å². The number of fused-ring (bicyclic) bond motifs is 2. The molecule has 3 saturated carbocycles. The van der Waals surface area contributed by atoms with Crippen molar-refractivity contribution in [2.24, 2.45) is 23.7 Å². The fourth-order valence-electron chi connectivity index (χ4n) is 6.19. The second-order valence-electron chi connectivity index (χ2n) is 9.62. The van der Waals surface area contributed by atoms with Gasteiger partial charge in [0.25, 0.3) is 0 Å². The maximum Gasteiger partial charge on any atom is 0.419 e. The van der Waals surface area contributed by atoms with Gasteiger partial charge in [-0.2, -0.15) is 13.2 Å². The number of aryl methyl sites for hydroxylation is 2. The first-order valence-electron chi connectivity index (χ1n) is 11.6. The number of ether oxygens (including phenoxy) is 1. The summed E-state index contributed by atoms with van der Waals surface area (Å²) in [6.45, 7) is 3.55. The van der Waals surface area contributed by atoms with E-state index >= 15 is 0 Å². The third-order valence-electron chi connectivity index (χ3n) is 7.74. The summed E-state index contributed by atoms with van der Waals surface area (Å²) in [4.78, 5) is 13.5. The van der Waals surface area contributed by atoms with Gasteiger partial charge in [-0.25, -0.2) is 0 Å². The molecule has 4 aliphatic carbocycles. The summed E-state index contributed by atoms with van der Waals surface area (Å²) >= 11 is 0. The van der Waals surface area contributed by atoms with Gasteiger partial charge in [0.05, 0.1) is 11.1 Å². The normalized spacial score (nSPS) is 26.6. The Kier molecular flexibility index (Phi) is 5.30. The van der Waals surface area contributed by atoms with E-state index in [1.54, 1.807) is 31.2 Å². The minimum atomic E-state index is -4.55. The molecule has 3 fully saturated rings.